The minimum Gasteiger partial charge on any atom is -0.357 e. The van der Waals surface area contributed by atoms with Crippen LogP contribution in [0.4, 0.5) is 5.82 Å². The van der Waals surface area contributed by atoms with Gasteiger partial charge in [0.1, 0.15) is 5.82 Å². The summed E-state index contributed by atoms with van der Waals surface area (Å²) in [6.07, 6.45) is 2.41. The summed E-state index contributed by atoms with van der Waals surface area (Å²) in [7, 11) is 4.36. The summed E-state index contributed by atoms with van der Waals surface area (Å²) in [4.78, 5) is 9.57. The van der Waals surface area contributed by atoms with E-state index >= 15 is 0 Å². The molecule has 4 heteroatoms. The lowest BCUT2D eigenvalue weighted by Gasteiger charge is -2.36. The van der Waals surface area contributed by atoms with E-state index in [0.29, 0.717) is 17.8 Å². The predicted octanol–water partition coefficient (Wildman–Crippen LogP) is 3.47. The highest BCUT2D eigenvalue weighted by molar-refractivity contribution is 6.17. The van der Waals surface area contributed by atoms with Gasteiger partial charge in [-0.05, 0) is 56.6 Å². The van der Waals surface area contributed by atoms with Crippen molar-refractivity contribution in [2.45, 2.75) is 44.5 Å². The number of aromatic nitrogens is 1. The molecule has 2 rings (SSSR count). The van der Waals surface area contributed by atoms with E-state index in [0.717, 1.165) is 11.5 Å². The van der Waals surface area contributed by atoms with Crippen molar-refractivity contribution in [3.63, 3.8) is 0 Å². The van der Waals surface area contributed by atoms with E-state index in [9.17, 15) is 0 Å². The molecule has 1 saturated heterocycles. The van der Waals surface area contributed by atoms with E-state index < -0.39 is 0 Å². The maximum absolute atomic E-state index is 6.03. The third-order valence-corrected chi connectivity index (χ3v) is 4.54. The lowest BCUT2D eigenvalue weighted by atomic mass is 10.0. The van der Waals surface area contributed by atoms with Gasteiger partial charge in [-0.15, -0.1) is 11.6 Å². The lowest BCUT2D eigenvalue weighted by molar-refractivity contribution is 0.252. The molecule has 0 aliphatic carbocycles. The predicted molar refractivity (Wildman–Crippen MR) is 86.8 cm³/mol. The Kier molecular flexibility index (Phi) is 5.28. The van der Waals surface area contributed by atoms with Gasteiger partial charge in [-0.25, -0.2) is 4.98 Å². The number of pyridine rings is 1. The highest BCUT2D eigenvalue weighted by atomic mass is 35.5. The summed E-state index contributed by atoms with van der Waals surface area (Å²) in [6.45, 7) is 6.70. The van der Waals surface area contributed by atoms with E-state index in [2.05, 4.69) is 49.9 Å². The number of hydrogen-bond donors (Lipinski definition) is 0. The van der Waals surface area contributed by atoms with Gasteiger partial charge in [0.15, 0.2) is 0 Å². The van der Waals surface area contributed by atoms with Crippen LogP contribution in [0.15, 0.2) is 12.1 Å². The summed E-state index contributed by atoms with van der Waals surface area (Å²) in [5, 5.41) is 0. The molecule has 0 N–H and O–H groups in total. The van der Waals surface area contributed by atoms with Crippen molar-refractivity contribution in [3.05, 3.63) is 23.4 Å². The molecule has 1 aromatic heterocycles. The summed E-state index contributed by atoms with van der Waals surface area (Å²) < 4.78 is 0. The van der Waals surface area contributed by atoms with Crippen molar-refractivity contribution in [1.29, 1.82) is 0 Å². The number of hydrogen-bond acceptors (Lipinski definition) is 3. The van der Waals surface area contributed by atoms with Gasteiger partial charge in [0.25, 0.3) is 0 Å². The third-order valence-electron chi connectivity index (χ3n) is 4.23. The second-order valence-electron chi connectivity index (χ2n) is 6.19. The smallest absolute Gasteiger partial charge is 0.129 e. The first-order chi connectivity index (χ1) is 9.51. The van der Waals surface area contributed by atoms with Crippen LogP contribution < -0.4 is 4.90 Å². The first-order valence-electron chi connectivity index (χ1n) is 7.49. The molecule has 0 atom stereocenters. The van der Waals surface area contributed by atoms with Gasteiger partial charge in [0, 0.05) is 24.7 Å². The summed E-state index contributed by atoms with van der Waals surface area (Å²) >= 11 is 6.03. The van der Waals surface area contributed by atoms with Crippen LogP contribution in [0.25, 0.3) is 0 Å². The molecule has 3 nitrogen and oxygen atoms in total. The largest absolute Gasteiger partial charge is 0.357 e. The molecule has 1 aliphatic rings. The molecule has 0 saturated carbocycles. The van der Waals surface area contributed by atoms with Crippen molar-refractivity contribution >= 4 is 17.4 Å². The normalized spacial score (nSPS) is 17.7. The molecule has 2 heterocycles. The van der Waals surface area contributed by atoms with Crippen molar-refractivity contribution in [2.24, 2.45) is 0 Å². The Morgan fingerprint density at radius 2 is 2.00 bits per heavy atom. The Hall–Kier alpha value is -0.800. The quantitative estimate of drug-likeness (QED) is 0.793. The number of piperidine rings is 1. The minimum atomic E-state index is 0.433. The molecule has 1 fully saturated rings. The van der Waals surface area contributed by atoms with Gasteiger partial charge in [-0.1, -0.05) is 13.8 Å². The first kappa shape index (κ1) is 15.6. The first-order valence-corrected chi connectivity index (χ1v) is 8.03. The van der Waals surface area contributed by atoms with E-state index in [1.54, 1.807) is 0 Å². The van der Waals surface area contributed by atoms with Crippen LogP contribution in [0, 0.1) is 0 Å². The summed E-state index contributed by atoms with van der Waals surface area (Å²) in [5.74, 6) is 2.06. The molecule has 0 aromatic carbocycles. The highest BCUT2D eigenvalue weighted by Gasteiger charge is 2.22. The van der Waals surface area contributed by atoms with Gasteiger partial charge < -0.3 is 9.80 Å². The zero-order valence-corrected chi connectivity index (χ0v) is 13.8. The summed E-state index contributed by atoms with van der Waals surface area (Å²) in [6, 6.07) is 4.85. The molecule has 1 aliphatic heterocycles. The molecule has 20 heavy (non-hydrogen) atoms. The second kappa shape index (κ2) is 6.77. The van der Waals surface area contributed by atoms with E-state index in [1.807, 2.05) is 0 Å². The fourth-order valence-corrected chi connectivity index (χ4v) is 2.87. The van der Waals surface area contributed by atoms with E-state index in [1.165, 1.54) is 31.5 Å². The van der Waals surface area contributed by atoms with Gasteiger partial charge in [-0.3, -0.25) is 0 Å². The van der Waals surface area contributed by atoms with Crippen LogP contribution in [0.5, 0.6) is 0 Å². The van der Waals surface area contributed by atoms with Gasteiger partial charge in [0.2, 0.25) is 0 Å². The van der Waals surface area contributed by atoms with Crippen LogP contribution in [-0.2, 0) is 5.88 Å². The Morgan fingerprint density at radius 3 is 2.55 bits per heavy atom. The molecule has 0 radical (unpaired) electrons. The Balaban J connectivity index is 2.20. The molecule has 0 unspecified atom stereocenters. The average Bonchev–Trinajstić information content (AvgIpc) is 2.46. The molecule has 0 spiro atoms. The maximum atomic E-state index is 6.03. The molecule has 112 valence electrons. The number of alkyl halides is 1. The Morgan fingerprint density at radius 1 is 1.35 bits per heavy atom. The molecule has 1 aromatic rings. The second-order valence-corrected chi connectivity index (χ2v) is 6.46. The van der Waals surface area contributed by atoms with Crippen molar-refractivity contribution in [3.8, 4) is 0 Å². The summed E-state index contributed by atoms with van der Waals surface area (Å²) in [5.41, 5.74) is 2.30. The Bertz CT molecular complexity index is 439. The highest BCUT2D eigenvalue weighted by Crippen LogP contribution is 2.24. The number of anilines is 1. The number of likely N-dealkylation sites (tertiary alicyclic amines) is 1. The maximum Gasteiger partial charge on any atom is 0.129 e. The Labute approximate surface area is 127 Å². The third kappa shape index (κ3) is 3.64. The standard InChI is InChI=1S/C16H26ClN3/c1-12(2)15-9-13(11-17)10-16(18-15)20(4)14-5-7-19(3)8-6-14/h9-10,12,14H,5-8,11H2,1-4H3. The van der Waals surface area contributed by atoms with E-state index in [-0.39, 0.29) is 0 Å². The topological polar surface area (TPSA) is 19.4 Å². The van der Waals surface area contributed by atoms with Crippen LogP contribution in [0.2, 0.25) is 0 Å². The fourth-order valence-electron chi connectivity index (χ4n) is 2.72. The average molecular weight is 296 g/mol. The zero-order valence-electron chi connectivity index (χ0n) is 13.1. The number of halogens is 1. The molecule has 0 amide bonds. The monoisotopic (exact) mass is 295 g/mol. The molecule has 0 bridgehead atoms. The van der Waals surface area contributed by atoms with Crippen molar-refractivity contribution in [2.75, 3.05) is 32.1 Å². The zero-order chi connectivity index (χ0) is 14.7. The van der Waals surface area contributed by atoms with Crippen molar-refractivity contribution in [1.82, 2.24) is 9.88 Å². The molecular formula is C16H26ClN3. The van der Waals surface area contributed by atoms with Crippen LogP contribution >= 0.6 is 11.6 Å². The van der Waals surface area contributed by atoms with E-state index in [4.69, 9.17) is 16.6 Å². The van der Waals surface area contributed by atoms with Crippen LogP contribution in [0.3, 0.4) is 0 Å². The SMILES string of the molecule is CC(C)c1cc(CCl)cc(N(C)C2CCN(C)CC2)n1. The fraction of sp³-hybridized carbons (Fsp3) is 0.688. The lowest BCUT2D eigenvalue weighted by Crippen LogP contribution is -2.42. The van der Waals surface area contributed by atoms with Gasteiger partial charge in [0.05, 0.1) is 0 Å². The van der Waals surface area contributed by atoms with Gasteiger partial charge in [-0.2, -0.15) is 0 Å². The van der Waals surface area contributed by atoms with Crippen LogP contribution in [0.1, 0.15) is 43.9 Å². The molecular weight excluding hydrogens is 270 g/mol. The number of nitrogens with zero attached hydrogens (tertiary/aromatic N) is 3. The number of rotatable bonds is 4. The van der Waals surface area contributed by atoms with Crippen molar-refractivity contribution < 1.29 is 0 Å². The van der Waals surface area contributed by atoms with Gasteiger partial charge >= 0.3 is 0 Å². The van der Waals surface area contributed by atoms with Crippen LogP contribution in [-0.4, -0.2) is 43.1 Å². The minimum absolute atomic E-state index is 0.433.